The lowest BCUT2D eigenvalue weighted by Crippen LogP contribution is -2.01. The normalized spacial score (nSPS) is 21.1. The van der Waals surface area contributed by atoms with E-state index in [0.29, 0.717) is 5.75 Å². The van der Waals surface area contributed by atoms with Crippen molar-refractivity contribution in [3.05, 3.63) is 0 Å². The second kappa shape index (κ2) is 5.64. The average molecular weight is 171 g/mol. The Balaban J connectivity index is 2.14. The van der Waals surface area contributed by atoms with Gasteiger partial charge in [0.15, 0.2) is 0 Å². The molecule has 63 valence electrons. The summed E-state index contributed by atoms with van der Waals surface area (Å²) in [6.45, 7) is 0. The summed E-state index contributed by atoms with van der Waals surface area (Å²) in [6, 6.07) is 0. The molecule has 11 heavy (non-hydrogen) atoms. The van der Waals surface area contributed by atoms with Gasteiger partial charge in [-0.15, -0.1) is 0 Å². The van der Waals surface area contributed by atoms with E-state index in [-0.39, 0.29) is 0 Å². The molecule has 1 saturated carbocycles. The van der Waals surface area contributed by atoms with E-state index in [1.54, 1.807) is 11.8 Å². The summed E-state index contributed by atoms with van der Waals surface area (Å²) >= 11 is 1.79. The molecule has 0 atom stereocenters. The number of hydrogen-bond donors (Lipinski definition) is 0. The highest BCUT2D eigenvalue weighted by atomic mass is 32.2. The van der Waals surface area contributed by atoms with Crippen LogP contribution >= 0.6 is 11.8 Å². The van der Waals surface area contributed by atoms with E-state index in [1.165, 1.54) is 38.5 Å². The van der Waals surface area contributed by atoms with E-state index in [2.05, 4.69) is 0 Å². The van der Waals surface area contributed by atoms with Gasteiger partial charge in [0.2, 0.25) is 6.29 Å². The second-order valence-electron chi connectivity index (χ2n) is 3.07. The third-order valence-corrected chi connectivity index (χ3v) is 3.41. The van der Waals surface area contributed by atoms with Gasteiger partial charge >= 0.3 is 0 Å². The van der Waals surface area contributed by atoms with Crippen molar-refractivity contribution in [3.8, 4) is 0 Å². The topological polar surface area (TPSA) is 17.1 Å². The number of carbonyl (C=O) groups excluding carboxylic acids is 1. The molecular formula is C9H15OS. The van der Waals surface area contributed by atoms with Gasteiger partial charge in [-0.3, -0.25) is 4.79 Å². The van der Waals surface area contributed by atoms with Gasteiger partial charge in [0.25, 0.3) is 0 Å². The molecule has 1 aliphatic carbocycles. The first kappa shape index (κ1) is 9.11. The van der Waals surface area contributed by atoms with Gasteiger partial charge in [0, 0.05) is 5.25 Å². The Kier molecular flexibility index (Phi) is 4.67. The largest absolute Gasteiger partial charge is 0.290 e. The molecule has 1 nitrogen and oxygen atoms in total. The molecule has 0 aliphatic heterocycles. The van der Waals surface area contributed by atoms with Crippen LogP contribution in [0.3, 0.4) is 0 Å². The SMILES string of the molecule is O=[C]CSC1CCCCCC1. The number of rotatable bonds is 3. The molecule has 0 heterocycles. The first-order valence-corrected chi connectivity index (χ1v) is 5.45. The van der Waals surface area contributed by atoms with Gasteiger partial charge in [-0.05, 0) is 12.8 Å². The fourth-order valence-electron chi connectivity index (χ4n) is 1.56. The summed E-state index contributed by atoms with van der Waals surface area (Å²) in [5, 5.41) is 0.749. The Labute approximate surface area is 72.9 Å². The zero-order chi connectivity index (χ0) is 7.94. The summed E-state index contributed by atoms with van der Waals surface area (Å²) in [5.74, 6) is 0.574. The van der Waals surface area contributed by atoms with Crippen LogP contribution < -0.4 is 0 Å². The van der Waals surface area contributed by atoms with Crippen molar-refractivity contribution in [1.82, 2.24) is 0 Å². The lowest BCUT2D eigenvalue weighted by Gasteiger charge is -2.10. The Hall–Kier alpha value is 0.0200. The van der Waals surface area contributed by atoms with Crippen LogP contribution in [0.4, 0.5) is 0 Å². The van der Waals surface area contributed by atoms with Crippen LogP contribution in [-0.4, -0.2) is 17.3 Å². The monoisotopic (exact) mass is 171 g/mol. The van der Waals surface area contributed by atoms with Crippen LogP contribution in [0.2, 0.25) is 0 Å². The van der Waals surface area contributed by atoms with E-state index in [9.17, 15) is 4.79 Å². The fourth-order valence-corrected chi connectivity index (χ4v) is 2.53. The van der Waals surface area contributed by atoms with Gasteiger partial charge in [-0.2, -0.15) is 11.8 Å². The molecule has 1 rings (SSSR count). The van der Waals surface area contributed by atoms with Crippen molar-refractivity contribution in [3.63, 3.8) is 0 Å². The molecule has 0 aromatic carbocycles. The molecule has 1 aliphatic rings. The Bertz CT molecular complexity index is 106. The molecule has 1 fully saturated rings. The van der Waals surface area contributed by atoms with Gasteiger partial charge in [-0.25, -0.2) is 0 Å². The fraction of sp³-hybridized carbons (Fsp3) is 0.889. The van der Waals surface area contributed by atoms with Crippen molar-refractivity contribution >= 4 is 18.0 Å². The van der Waals surface area contributed by atoms with E-state index in [1.807, 2.05) is 6.29 Å². The molecule has 0 bridgehead atoms. The van der Waals surface area contributed by atoms with Crippen LogP contribution in [0.1, 0.15) is 38.5 Å². The molecule has 0 aromatic rings. The van der Waals surface area contributed by atoms with Gasteiger partial charge < -0.3 is 0 Å². The Morgan fingerprint density at radius 3 is 2.36 bits per heavy atom. The standard InChI is InChI=1S/C9H15OS/c10-7-8-11-9-5-3-1-2-4-6-9/h9H,1-6,8H2. The zero-order valence-corrected chi connectivity index (χ0v) is 7.66. The molecule has 2 heteroatoms. The minimum atomic E-state index is 0.574. The summed E-state index contributed by atoms with van der Waals surface area (Å²) in [5.41, 5.74) is 0. The highest BCUT2D eigenvalue weighted by molar-refractivity contribution is 8.00. The predicted octanol–water partition coefficient (Wildman–Crippen LogP) is 2.55. The van der Waals surface area contributed by atoms with E-state index >= 15 is 0 Å². The maximum atomic E-state index is 9.99. The first-order chi connectivity index (χ1) is 5.43. The van der Waals surface area contributed by atoms with Crippen LogP contribution in [0.15, 0.2) is 0 Å². The minimum absolute atomic E-state index is 0.574. The lowest BCUT2D eigenvalue weighted by molar-refractivity contribution is 0.560. The zero-order valence-electron chi connectivity index (χ0n) is 6.84. The third-order valence-electron chi connectivity index (χ3n) is 2.18. The summed E-state index contributed by atoms with van der Waals surface area (Å²) < 4.78 is 0. The van der Waals surface area contributed by atoms with Crippen LogP contribution in [0.25, 0.3) is 0 Å². The predicted molar refractivity (Wildman–Crippen MR) is 49.6 cm³/mol. The van der Waals surface area contributed by atoms with Gasteiger partial charge in [-0.1, -0.05) is 25.7 Å². The Morgan fingerprint density at radius 1 is 1.18 bits per heavy atom. The maximum absolute atomic E-state index is 9.99. The van der Waals surface area contributed by atoms with Crippen molar-refractivity contribution in [2.24, 2.45) is 0 Å². The highest BCUT2D eigenvalue weighted by Crippen LogP contribution is 2.26. The lowest BCUT2D eigenvalue weighted by atomic mass is 10.2. The molecule has 0 saturated heterocycles. The van der Waals surface area contributed by atoms with E-state index < -0.39 is 0 Å². The molecule has 1 radical (unpaired) electrons. The summed E-state index contributed by atoms with van der Waals surface area (Å²) in [6.07, 6.45) is 10.1. The van der Waals surface area contributed by atoms with Crippen LogP contribution in [0.5, 0.6) is 0 Å². The van der Waals surface area contributed by atoms with Crippen LogP contribution in [0, 0.1) is 0 Å². The quantitative estimate of drug-likeness (QED) is 0.607. The molecule has 0 spiro atoms. The van der Waals surface area contributed by atoms with Crippen molar-refractivity contribution in [2.75, 3.05) is 5.75 Å². The van der Waals surface area contributed by atoms with Crippen molar-refractivity contribution < 1.29 is 4.79 Å². The first-order valence-electron chi connectivity index (χ1n) is 4.40. The molecule has 0 aromatic heterocycles. The number of hydrogen-bond acceptors (Lipinski definition) is 2. The smallest absolute Gasteiger partial charge is 0.209 e. The maximum Gasteiger partial charge on any atom is 0.209 e. The van der Waals surface area contributed by atoms with Crippen molar-refractivity contribution in [2.45, 2.75) is 43.8 Å². The number of thioether (sulfide) groups is 1. The third kappa shape index (κ3) is 3.80. The summed E-state index contributed by atoms with van der Waals surface area (Å²) in [4.78, 5) is 9.99. The molecule has 0 unspecified atom stereocenters. The minimum Gasteiger partial charge on any atom is -0.290 e. The van der Waals surface area contributed by atoms with Gasteiger partial charge in [0.1, 0.15) is 0 Å². The molecule has 0 N–H and O–H groups in total. The average Bonchev–Trinajstić information content (AvgIpc) is 2.28. The second-order valence-corrected chi connectivity index (χ2v) is 4.36. The molecular weight excluding hydrogens is 156 g/mol. The Morgan fingerprint density at radius 2 is 1.82 bits per heavy atom. The summed E-state index contributed by atoms with van der Waals surface area (Å²) in [7, 11) is 0. The van der Waals surface area contributed by atoms with E-state index in [4.69, 9.17) is 0 Å². The van der Waals surface area contributed by atoms with E-state index in [0.717, 1.165) is 5.25 Å². The highest BCUT2D eigenvalue weighted by Gasteiger charge is 2.11. The molecule has 0 amide bonds. The van der Waals surface area contributed by atoms with Crippen LogP contribution in [-0.2, 0) is 4.79 Å². The van der Waals surface area contributed by atoms with Crippen molar-refractivity contribution in [1.29, 1.82) is 0 Å². The van der Waals surface area contributed by atoms with Gasteiger partial charge in [0.05, 0.1) is 5.75 Å².